The first-order valence-electron chi connectivity index (χ1n) is 6.09. The lowest BCUT2D eigenvalue weighted by Gasteiger charge is -2.07. The number of hydrogen-bond acceptors (Lipinski definition) is 3. The van der Waals surface area contributed by atoms with E-state index in [1.54, 1.807) is 12.1 Å². The number of hydrogen-bond donors (Lipinski definition) is 2. The molecule has 0 aliphatic carbocycles. The normalized spacial score (nSPS) is 10.3. The van der Waals surface area contributed by atoms with E-state index in [0.717, 1.165) is 16.1 Å². The van der Waals surface area contributed by atoms with Crippen LogP contribution >= 0.6 is 23.4 Å². The zero-order valence-electron chi connectivity index (χ0n) is 11.0. The minimum Gasteiger partial charge on any atom is -0.398 e. The minimum atomic E-state index is -0.0602. The number of nitrogens with two attached hydrogens (primary N) is 1. The zero-order valence-corrected chi connectivity index (χ0v) is 12.6. The summed E-state index contributed by atoms with van der Waals surface area (Å²) in [6.07, 6.45) is 0. The molecule has 0 radical (unpaired) electrons. The van der Waals surface area contributed by atoms with Crippen LogP contribution in [0.15, 0.2) is 47.4 Å². The molecular weight excluding hydrogens is 292 g/mol. The maximum Gasteiger partial charge on any atom is 0.234 e. The van der Waals surface area contributed by atoms with Gasteiger partial charge >= 0.3 is 0 Å². The van der Waals surface area contributed by atoms with Crippen molar-refractivity contribution in [2.45, 2.75) is 11.8 Å². The van der Waals surface area contributed by atoms with Gasteiger partial charge in [0.15, 0.2) is 0 Å². The molecule has 0 fully saturated rings. The van der Waals surface area contributed by atoms with Gasteiger partial charge in [-0.15, -0.1) is 11.8 Å². The Hall–Kier alpha value is -1.65. The summed E-state index contributed by atoms with van der Waals surface area (Å²) in [4.78, 5) is 12.7. The summed E-state index contributed by atoms with van der Waals surface area (Å²) in [7, 11) is 0. The highest BCUT2D eigenvalue weighted by atomic mass is 35.5. The minimum absolute atomic E-state index is 0.0602. The number of amides is 1. The van der Waals surface area contributed by atoms with Crippen molar-refractivity contribution in [2.75, 3.05) is 16.8 Å². The maximum absolute atomic E-state index is 11.9. The zero-order chi connectivity index (χ0) is 14.5. The molecule has 3 nitrogen and oxygen atoms in total. The van der Waals surface area contributed by atoms with Gasteiger partial charge in [-0.25, -0.2) is 0 Å². The molecule has 0 aromatic heterocycles. The van der Waals surface area contributed by atoms with Gasteiger partial charge in [-0.2, -0.15) is 0 Å². The molecule has 3 N–H and O–H groups in total. The lowest BCUT2D eigenvalue weighted by atomic mass is 10.2. The lowest BCUT2D eigenvalue weighted by Crippen LogP contribution is -2.14. The monoisotopic (exact) mass is 306 g/mol. The molecule has 2 aromatic rings. The van der Waals surface area contributed by atoms with Crippen molar-refractivity contribution in [3.8, 4) is 0 Å². The summed E-state index contributed by atoms with van der Waals surface area (Å²) in [6.45, 7) is 1.98. The average molecular weight is 307 g/mol. The van der Waals surface area contributed by atoms with Gasteiger partial charge < -0.3 is 11.1 Å². The van der Waals surface area contributed by atoms with Gasteiger partial charge in [-0.1, -0.05) is 23.7 Å². The summed E-state index contributed by atoms with van der Waals surface area (Å²) < 4.78 is 0. The lowest BCUT2D eigenvalue weighted by molar-refractivity contribution is -0.113. The first-order valence-corrected chi connectivity index (χ1v) is 7.45. The van der Waals surface area contributed by atoms with Crippen molar-refractivity contribution in [3.63, 3.8) is 0 Å². The third-order valence-corrected chi connectivity index (χ3v) is 3.96. The second-order valence-electron chi connectivity index (χ2n) is 4.39. The first kappa shape index (κ1) is 14.8. The van der Waals surface area contributed by atoms with Gasteiger partial charge in [0, 0.05) is 21.3 Å². The molecule has 0 saturated carbocycles. The topological polar surface area (TPSA) is 55.1 Å². The Kier molecular flexibility index (Phi) is 4.93. The maximum atomic E-state index is 11.9. The smallest absolute Gasteiger partial charge is 0.234 e. The Morgan fingerprint density at radius 2 is 2.10 bits per heavy atom. The van der Waals surface area contributed by atoms with Crippen LogP contribution in [-0.4, -0.2) is 11.7 Å². The van der Waals surface area contributed by atoms with Crippen molar-refractivity contribution < 1.29 is 4.79 Å². The van der Waals surface area contributed by atoms with Crippen LogP contribution in [0.3, 0.4) is 0 Å². The fraction of sp³-hybridized carbons (Fsp3) is 0.133. The number of benzene rings is 2. The van der Waals surface area contributed by atoms with Gasteiger partial charge in [0.2, 0.25) is 5.91 Å². The molecular formula is C15H15ClN2OS. The van der Waals surface area contributed by atoms with Gasteiger partial charge in [0.25, 0.3) is 0 Å². The third-order valence-electron chi connectivity index (χ3n) is 2.63. The van der Waals surface area contributed by atoms with Gasteiger partial charge in [0.1, 0.15) is 0 Å². The predicted molar refractivity (Wildman–Crippen MR) is 86.4 cm³/mol. The van der Waals surface area contributed by atoms with E-state index in [0.29, 0.717) is 16.5 Å². The number of aryl methyl sites for hydroxylation is 1. The van der Waals surface area contributed by atoms with Crippen molar-refractivity contribution in [2.24, 2.45) is 0 Å². The van der Waals surface area contributed by atoms with Crippen LogP contribution in [0.5, 0.6) is 0 Å². The van der Waals surface area contributed by atoms with E-state index in [9.17, 15) is 4.79 Å². The SMILES string of the molecule is Cc1cccc(NC(=O)CSc2ccc(Cl)cc2N)c1. The van der Waals surface area contributed by atoms with Crippen LogP contribution in [0.25, 0.3) is 0 Å². The molecule has 0 heterocycles. The number of halogens is 1. The van der Waals surface area contributed by atoms with Crippen LogP contribution in [0.1, 0.15) is 5.56 Å². The number of thioether (sulfide) groups is 1. The molecule has 0 aliphatic heterocycles. The highest BCUT2D eigenvalue weighted by molar-refractivity contribution is 8.00. The number of nitrogens with one attached hydrogen (secondary N) is 1. The molecule has 2 aromatic carbocycles. The van der Waals surface area contributed by atoms with E-state index in [1.807, 2.05) is 37.3 Å². The molecule has 2 rings (SSSR count). The van der Waals surface area contributed by atoms with E-state index in [2.05, 4.69) is 5.32 Å². The Balaban J connectivity index is 1.92. The summed E-state index contributed by atoms with van der Waals surface area (Å²) in [5, 5.41) is 3.45. The number of anilines is 2. The average Bonchev–Trinajstić information content (AvgIpc) is 2.37. The standard InChI is InChI=1S/C15H15ClN2OS/c1-10-3-2-4-12(7-10)18-15(19)9-20-14-6-5-11(16)8-13(14)17/h2-8H,9,17H2,1H3,(H,18,19). The van der Waals surface area contributed by atoms with E-state index in [4.69, 9.17) is 17.3 Å². The summed E-state index contributed by atoms with van der Waals surface area (Å²) in [5.74, 6) is 0.245. The Morgan fingerprint density at radius 1 is 1.30 bits per heavy atom. The van der Waals surface area contributed by atoms with E-state index in [-0.39, 0.29) is 5.91 Å². The number of rotatable bonds is 4. The quantitative estimate of drug-likeness (QED) is 0.664. The highest BCUT2D eigenvalue weighted by Gasteiger charge is 2.06. The third kappa shape index (κ3) is 4.18. The fourth-order valence-corrected chi connectivity index (χ4v) is 2.64. The summed E-state index contributed by atoms with van der Waals surface area (Å²) in [5.41, 5.74) is 8.35. The van der Waals surface area contributed by atoms with Crippen LogP contribution < -0.4 is 11.1 Å². The van der Waals surface area contributed by atoms with E-state index < -0.39 is 0 Å². The van der Waals surface area contributed by atoms with Gasteiger partial charge in [-0.3, -0.25) is 4.79 Å². The molecule has 0 bridgehead atoms. The summed E-state index contributed by atoms with van der Waals surface area (Å²) >= 11 is 7.22. The molecule has 0 aliphatic rings. The van der Waals surface area contributed by atoms with Gasteiger partial charge in [0.05, 0.1) is 5.75 Å². The molecule has 5 heteroatoms. The first-order chi connectivity index (χ1) is 9.54. The molecule has 104 valence electrons. The molecule has 0 spiro atoms. The molecule has 20 heavy (non-hydrogen) atoms. The van der Waals surface area contributed by atoms with Crippen molar-refractivity contribution in [1.82, 2.24) is 0 Å². The molecule has 1 amide bonds. The Labute approximate surface area is 127 Å². The largest absolute Gasteiger partial charge is 0.398 e. The van der Waals surface area contributed by atoms with Crippen LogP contribution in [0.4, 0.5) is 11.4 Å². The van der Waals surface area contributed by atoms with Crippen molar-refractivity contribution in [1.29, 1.82) is 0 Å². The van der Waals surface area contributed by atoms with Gasteiger partial charge in [-0.05, 0) is 42.8 Å². The Bertz CT molecular complexity index is 631. The fourth-order valence-electron chi connectivity index (χ4n) is 1.71. The number of carbonyl (C=O) groups is 1. The van der Waals surface area contributed by atoms with E-state index in [1.165, 1.54) is 11.8 Å². The Morgan fingerprint density at radius 3 is 2.80 bits per heavy atom. The number of nitrogen functional groups attached to an aromatic ring is 1. The molecule has 0 unspecified atom stereocenters. The highest BCUT2D eigenvalue weighted by Crippen LogP contribution is 2.27. The van der Waals surface area contributed by atoms with Crippen LogP contribution in [0.2, 0.25) is 5.02 Å². The second kappa shape index (κ2) is 6.68. The summed E-state index contributed by atoms with van der Waals surface area (Å²) in [6, 6.07) is 13.0. The van der Waals surface area contributed by atoms with Crippen LogP contribution in [0, 0.1) is 6.92 Å². The van der Waals surface area contributed by atoms with Crippen LogP contribution in [-0.2, 0) is 4.79 Å². The van der Waals surface area contributed by atoms with Crippen molar-refractivity contribution in [3.05, 3.63) is 53.1 Å². The second-order valence-corrected chi connectivity index (χ2v) is 5.84. The molecule has 0 atom stereocenters. The van der Waals surface area contributed by atoms with E-state index >= 15 is 0 Å². The molecule has 0 saturated heterocycles. The van der Waals surface area contributed by atoms with Crippen molar-refractivity contribution >= 4 is 40.6 Å². The number of carbonyl (C=O) groups excluding carboxylic acids is 1. The predicted octanol–water partition coefficient (Wildman–Crippen LogP) is 3.96.